The first-order chi connectivity index (χ1) is 18.3. The Bertz CT molecular complexity index is 1510. The smallest absolute Gasteiger partial charge is 0.336 e. The molecule has 0 unspecified atom stereocenters. The van der Waals surface area contributed by atoms with Crippen LogP contribution < -0.4 is 14.8 Å². The van der Waals surface area contributed by atoms with Crippen LogP contribution in [0.4, 0.5) is 0 Å². The molecule has 3 aromatic carbocycles. The van der Waals surface area contributed by atoms with Crippen molar-refractivity contribution in [1.82, 2.24) is 5.32 Å². The highest BCUT2D eigenvalue weighted by Crippen LogP contribution is 2.49. The predicted molar refractivity (Wildman–Crippen MR) is 154 cm³/mol. The number of esters is 1. The Kier molecular flexibility index (Phi) is 7.49. The van der Waals surface area contributed by atoms with E-state index in [2.05, 4.69) is 27.9 Å². The first-order valence-electron chi connectivity index (χ1n) is 12.1. The van der Waals surface area contributed by atoms with Crippen LogP contribution in [0.25, 0.3) is 5.70 Å². The molecule has 1 heterocycles. The van der Waals surface area contributed by atoms with Gasteiger partial charge in [-0.2, -0.15) is 0 Å². The average molecular weight is 642 g/mol. The molecule has 1 N–H and O–H groups in total. The minimum Gasteiger partial charge on any atom is -0.490 e. The molecule has 0 saturated carbocycles. The summed E-state index contributed by atoms with van der Waals surface area (Å²) >= 11 is 9.05. The van der Waals surface area contributed by atoms with E-state index in [1.54, 1.807) is 25.1 Å². The van der Waals surface area contributed by atoms with E-state index in [1.807, 2.05) is 49.4 Å². The Labute approximate surface area is 239 Å². The maximum Gasteiger partial charge on any atom is 0.336 e. The van der Waals surface area contributed by atoms with Crippen LogP contribution in [0.1, 0.15) is 46.8 Å². The van der Waals surface area contributed by atoms with Crippen LogP contribution in [-0.2, 0) is 16.1 Å². The summed E-state index contributed by atoms with van der Waals surface area (Å²) in [5, 5.41) is 3.61. The molecule has 1 aliphatic heterocycles. The fraction of sp³-hybridized carbons (Fsp3) is 0.200. The van der Waals surface area contributed by atoms with Gasteiger partial charge in [-0.15, -0.1) is 0 Å². The van der Waals surface area contributed by atoms with Gasteiger partial charge in [-0.1, -0.05) is 48.0 Å². The lowest BCUT2D eigenvalue weighted by molar-refractivity contribution is -0.136. The highest BCUT2D eigenvalue weighted by Gasteiger charge is 2.43. The molecule has 0 fully saturated rings. The van der Waals surface area contributed by atoms with Gasteiger partial charge in [0.2, 0.25) is 0 Å². The van der Waals surface area contributed by atoms with E-state index in [0.717, 1.165) is 14.7 Å². The number of allylic oxidation sites excluding steroid dienone is 2. The van der Waals surface area contributed by atoms with Gasteiger partial charge in [-0.3, -0.25) is 4.79 Å². The van der Waals surface area contributed by atoms with Crippen LogP contribution in [0.3, 0.4) is 0 Å². The lowest BCUT2D eigenvalue weighted by Crippen LogP contribution is -2.29. The molecule has 38 heavy (non-hydrogen) atoms. The summed E-state index contributed by atoms with van der Waals surface area (Å²) in [7, 11) is 1.33. The Morgan fingerprint density at radius 2 is 1.76 bits per heavy atom. The SMILES string of the molecule is CCOc1cc([C@@H]2C(C(=O)OC)=C(C)NC3=C2C(=O)c2ccccc23)cc(Cl)c1OCc1ccc(I)cc1. The molecule has 0 radical (unpaired) electrons. The van der Waals surface area contributed by atoms with Gasteiger partial charge in [0.05, 0.1) is 30.0 Å². The quantitative estimate of drug-likeness (QED) is 0.230. The third-order valence-corrected chi connectivity index (χ3v) is 7.62. The third-order valence-electron chi connectivity index (χ3n) is 6.62. The molecule has 1 aliphatic carbocycles. The molecule has 0 aromatic heterocycles. The van der Waals surface area contributed by atoms with Crippen molar-refractivity contribution >= 4 is 51.6 Å². The second kappa shape index (κ2) is 10.8. The number of carbonyl (C=O) groups is 2. The van der Waals surface area contributed by atoms with Crippen molar-refractivity contribution in [3.63, 3.8) is 0 Å². The Balaban J connectivity index is 1.61. The van der Waals surface area contributed by atoms with Gasteiger partial charge >= 0.3 is 5.97 Å². The van der Waals surface area contributed by atoms with Crippen molar-refractivity contribution in [2.75, 3.05) is 13.7 Å². The normalized spacial score (nSPS) is 16.1. The lowest BCUT2D eigenvalue weighted by Gasteiger charge is -2.29. The van der Waals surface area contributed by atoms with E-state index < -0.39 is 11.9 Å². The Morgan fingerprint density at radius 1 is 1.05 bits per heavy atom. The molecular weight excluding hydrogens is 617 g/mol. The number of dihydropyridines is 1. The average Bonchev–Trinajstić information content (AvgIpc) is 3.19. The van der Waals surface area contributed by atoms with Gasteiger partial charge in [0.25, 0.3) is 0 Å². The summed E-state index contributed by atoms with van der Waals surface area (Å²) in [5.74, 6) is -0.537. The lowest BCUT2D eigenvalue weighted by atomic mass is 9.79. The second-order valence-electron chi connectivity index (χ2n) is 8.93. The summed E-state index contributed by atoms with van der Waals surface area (Å²) in [4.78, 5) is 26.7. The number of hydrogen-bond donors (Lipinski definition) is 1. The molecule has 8 heteroatoms. The number of nitrogens with one attached hydrogen (secondary N) is 1. The van der Waals surface area contributed by atoms with Crippen molar-refractivity contribution < 1.29 is 23.8 Å². The van der Waals surface area contributed by atoms with Gasteiger partial charge in [0.1, 0.15) is 6.61 Å². The summed E-state index contributed by atoms with van der Waals surface area (Å²) in [6, 6.07) is 18.9. The minimum atomic E-state index is -0.708. The number of ether oxygens (including phenoxy) is 3. The van der Waals surface area contributed by atoms with E-state index in [0.29, 0.717) is 63.4 Å². The maximum absolute atomic E-state index is 13.7. The third kappa shape index (κ3) is 4.69. The van der Waals surface area contributed by atoms with Crippen LogP contribution in [0.2, 0.25) is 5.02 Å². The number of hydrogen-bond acceptors (Lipinski definition) is 6. The molecule has 3 aromatic rings. The predicted octanol–water partition coefficient (Wildman–Crippen LogP) is 6.66. The van der Waals surface area contributed by atoms with Crippen molar-refractivity contribution in [2.24, 2.45) is 0 Å². The summed E-state index contributed by atoms with van der Waals surface area (Å²) < 4.78 is 18.3. The standard InChI is InChI=1S/C30H25ClINO5/c1-4-37-23-14-18(13-22(31)29(23)38-15-17-9-11-19(32)12-10-17)25-24(30(35)36-3)16(2)33-27-20-7-5-6-8-21(20)28(34)26(25)27/h5-14,25,33H,4,15H2,1-3H3/t25-/m1/s1. The molecule has 2 aliphatic rings. The number of rotatable bonds is 7. The van der Waals surface area contributed by atoms with Gasteiger partial charge in [0, 0.05) is 31.9 Å². The molecule has 194 valence electrons. The number of carbonyl (C=O) groups excluding carboxylic acids is 2. The molecular formula is C30H25ClINO5. The summed E-state index contributed by atoms with van der Waals surface area (Å²) in [5.41, 5.74) is 5.13. The monoisotopic (exact) mass is 641 g/mol. The van der Waals surface area contributed by atoms with Crippen molar-refractivity contribution in [3.8, 4) is 11.5 Å². The van der Waals surface area contributed by atoms with Crippen LogP contribution >= 0.6 is 34.2 Å². The highest BCUT2D eigenvalue weighted by molar-refractivity contribution is 14.1. The van der Waals surface area contributed by atoms with Gasteiger partial charge in [0.15, 0.2) is 17.3 Å². The van der Waals surface area contributed by atoms with E-state index in [4.69, 9.17) is 25.8 Å². The zero-order valence-corrected chi connectivity index (χ0v) is 24.0. The molecule has 0 amide bonds. The zero-order chi connectivity index (χ0) is 27.0. The Hall–Kier alpha value is -3.30. The molecule has 0 saturated heterocycles. The van der Waals surface area contributed by atoms with Gasteiger partial charge < -0.3 is 19.5 Å². The highest BCUT2D eigenvalue weighted by atomic mass is 127. The van der Waals surface area contributed by atoms with Crippen LogP contribution in [0.5, 0.6) is 11.5 Å². The number of fused-ring (bicyclic) bond motifs is 2. The van der Waals surface area contributed by atoms with E-state index in [9.17, 15) is 9.59 Å². The Morgan fingerprint density at radius 3 is 2.45 bits per heavy atom. The minimum absolute atomic E-state index is 0.143. The van der Waals surface area contributed by atoms with Crippen LogP contribution in [-0.4, -0.2) is 25.5 Å². The first-order valence-corrected chi connectivity index (χ1v) is 13.6. The zero-order valence-electron chi connectivity index (χ0n) is 21.1. The summed E-state index contributed by atoms with van der Waals surface area (Å²) in [6.07, 6.45) is 0. The van der Waals surface area contributed by atoms with Gasteiger partial charge in [-0.25, -0.2) is 4.79 Å². The number of methoxy groups -OCH3 is 1. The van der Waals surface area contributed by atoms with E-state index >= 15 is 0 Å². The second-order valence-corrected chi connectivity index (χ2v) is 10.6. The largest absolute Gasteiger partial charge is 0.490 e. The van der Waals surface area contributed by atoms with Crippen LogP contribution in [0, 0.1) is 3.57 Å². The first kappa shape index (κ1) is 26.3. The van der Waals surface area contributed by atoms with Crippen molar-refractivity contribution in [1.29, 1.82) is 0 Å². The topological polar surface area (TPSA) is 73.9 Å². The molecule has 0 spiro atoms. The fourth-order valence-corrected chi connectivity index (χ4v) is 5.57. The van der Waals surface area contributed by atoms with Gasteiger partial charge in [-0.05, 0) is 71.8 Å². The fourth-order valence-electron chi connectivity index (χ4n) is 4.94. The van der Waals surface area contributed by atoms with E-state index in [1.165, 1.54) is 7.11 Å². The van der Waals surface area contributed by atoms with Crippen molar-refractivity contribution in [2.45, 2.75) is 26.4 Å². The molecule has 6 nitrogen and oxygen atoms in total. The number of ketones is 1. The maximum atomic E-state index is 13.7. The number of benzene rings is 3. The van der Waals surface area contributed by atoms with E-state index in [-0.39, 0.29) is 5.78 Å². The molecule has 0 bridgehead atoms. The molecule has 1 atom stereocenters. The van der Waals surface area contributed by atoms with Crippen molar-refractivity contribution in [3.05, 3.63) is 108 Å². The summed E-state index contributed by atoms with van der Waals surface area (Å²) in [6.45, 7) is 4.36. The number of halogens is 2. The number of Topliss-reactive ketones (excluding diaryl/α,β-unsaturated/α-hetero) is 1. The molecule has 5 rings (SSSR count). The van der Waals surface area contributed by atoms with Crippen LogP contribution in [0.15, 0.2) is 77.5 Å².